The Morgan fingerprint density at radius 3 is 2.61 bits per heavy atom. The zero-order chi connectivity index (χ0) is 13.0. The summed E-state index contributed by atoms with van der Waals surface area (Å²) in [6, 6.07) is 7.74. The molecule has 0 atom stereocenters. The Hall–Kier alpha value is -1.64. The minimum atomic E-state index is -0.0221. The Morgan fingerprint density at radius 1 is 1.28 bits per heavy atom. The maximum Gasteiger partial charge on any atom is 0.254 e. The fraction of sp³-hybridized carbons (Fsp3) is 0.467. The van der Waals surface area contributed by atoms with E-state index in [1.54, 1.807) is 4.90 Å². The van der Waals surface area contributed by atoms with E-state index in [0.717, 1.165) is 19.3 Å². The monoisotopic (exact) mass is 245 g/mol. The number of piperidine rings is 1. The first-order chi connectivity index (χ1) is 8.70. The van der Waals surface area contributed by atoms with Gasteiger partial charge in [0.2, 0.25) is 0 Å². The van der Waals surface area contributed by atoms with Crippen LogP contribution in [-0.2, 0) is 11.2 Å². The Bertz CT molecular complexity index is 436. The van der Waals surface area contributed by atoms with Gasteiger partial charge < -0.3 is 4.90 Å². The van der Waals surface area contributed by atoms with Gasteiger partial charge in [-0.25, -0.2) is 0 Å². The van der Waals surface area contributed by atoms with E-state index in [2.05, 4.69) is 6.92 Å². The van der Waals surface area contributed by atoms with Gasteiger partial charge in [-0.15, -0.1) is 0 Å². The van der Waals surface area contributed by atoms with Crippen LogP contribution in [0.1, 0.15) is 42.1 Å². The van der Waals surface area contributed by atoms with Crippen LogP contribution in [-0.4, -0.2) is 29.7 Å². The molecule has 2 rings (SSSR count). The summed E-state index contributed by atoms with van der Waals surface area (Å²) in [4.78, 5) is 25.2. The predicted molar refractivity (Wildman–Crippen MR) is 70.6 cm³/mol. The number of amides is 1. The SMILES string of the molecule is CCCc1ccc(C(=O)N2CCCC(=O)C2)cc1. The summed E-state index contributed by atoms with van der Waals surface area (Å²) in [6.45, 7) is 3.11. The predicted octanol–water partition coefficient (Wildman–Crippen LogP) is 2.44. The number of rotatable bonds is 3. The molecule has 3 heteroatoms. The van der Waals surface area contributed by atoms with E-state index in [1.807, 2.05) is 24.3 Å². The van der Waals surface area contributed by atoms with Gasteiger partial charge >= 0.3 is 0 Å². The van der Waals surface area contributed by atoms with Crippen molar-refractivity contribution >= 4 is 11.7 Å². The highest BCUT2D eigenvalue weighted by molar-refractivity contribution is 5.97. The van der Waals surface area contributed by atoms with Gasteiger partial charge in [0, 0.05) is 18.5 Å². The quantitative estimate of drug-likeness (QED) is 0.820. The first-order valence-corrected chi connectivity index (χ1v) is 6.60. The van der Waals surface area contributed by atoms with Crippen molar-refractivity contribution in [2.75, 3.05) is 13.1 Å². The summed E-state index contributed by atoms with van der Waals surface area (Å²) in [5.41, 5.74) is 1.94. The molecular formula is C15H19NO2. The Kier molecular flexibility index (Phi) is 4.13. The van der Waals surface area contributed by atoms with Crippen molar-refractivity contribution in [1.82, 2.24) is 4.90 Å². The summed E-state index contributed by atoms with van der Waals surface area (Å²) >= 11 is 0. The number of hydrogen-bond donors (Lipinski definition) is 0. The second kappa shape index (κ2) is 5.80. The number of nitrogens with zero attached hydrogens (tertiary/aromatic N) is 1. The van der Waals surface area contributed by atoms with E-state index < -0.39 is 0 Å². The van der Waals surface area contributed by atoms with Gasteiger partial charge in [0.05, 0.1) is 6.54 Å². The summed E-state index contributed by atoms with van der Waals surface area (Å²) < 4.78 is 0. The molecule has 0 spiro atoms. The fourth-order valence-corrected chi connectivity index (χ4v) is 2.30. The normalized spacial score (nSPS) is 15.8. The van der Waals surface area contributed by atoms with Crippen molar-refractivity contribution in [3.63, 3.8) is 0 Å². The third kappa shape index (κ3) is 2.97. The minimum absolute atomic E-state index is 0.0221. The largest absolute Gasteiger partial charge is 0.331 e. The van der Waals surface area contributed by atoms with Gasteiger partial charge in [0.25, 0.3) is 5.91 Å². The van der Waals surface area contributed by atoms with Gasteiger partial charge in [-0.05, 0) is 30.5 Å². The molecule has 1 fully saturated rings. The lowest BCUT2D eigenvalue weighted by Crippen LogP contribution is -2.40. The van der Waals surface area contributed by atoms with Crippen LogP contribution >= 0.6 is 0 Å². The third-order valence-electron chi connectivity index (χ3n) is 3.28. The van der Waals surface area contributed by atoms with Crippen LogP contribution in [0.2, 0.25) is 0 Å². The average Bonchev–Trinajstić information content (AvgIpc) is 2.39. The smallest absolute Gasteiger partial charge is 0.254 e. The molecule has 1 aliphatic rings. The lowest BCUT2D eigenvalue weighted by molar-refractivity contribution is -0.121. The standard InChI is InChI=1S/C15H19NO2/c1-2-4-12-6-8-13(9-7-12)15(18)16-10-3-5-14(17)11-16/h6-9H,2-5,10-11H2,1H3. The minimum Gasteiger partial charge on any atom is -0.331 e. The number of carbonyl (C=O) groups is 2. The van der Waals surface area contributed by atoms with E-state index >= 15 is 0 Å². The van der Waals surface area contributed by atoms with E-state index in [1.165, 1.54) is 5.56 Å². The van der Waals surface area contributed by atoms with Crippen LogP contribution in [0.4, 0.5) is 0 Å². The molecule has 0 unspecified atom stereocenters. The maximum absolute atomic E-state index is 12.2. The van der Waals surface area contributed by atoms with Crippen LogP contribution in [0.3, 0.4) is 0 Å². The molecule has 0 radical (unpaired) electrons. The molecule has 0 saturated carbocycles. The first kappa shape index (κ1) is 12.8. The lowest BCUT2D eigenvalue weighted by Gasteiger charge is -2.25. The summed E-state index contributed by atoms with van der Waals surface area (Å²) in [7, 11) is 0. The molecule has 3 nitrogen and oxygen atoms in total. The van der Waals surface area contributed by atoms with Gasteiger partial charge in [0.1, 0.15) is 0 Å². The first-order valence-electron chi connectivity index (χ1n) is 6.60. The molecule has 0 aromatic heterocycles. The molecule has 18 heavy (non-hydrogen) atoms. The summed E-state index contributed by atoms with van der Waals surface area (Å²) in [5.74, 6) is 0.142. The molecule has 1 heterocycles. The highest BCUT2D eigenvalue weighted by Gasteiger charge is 2.22. The van der Waals surface area contributed by atoms with Gasteiger partial charge in [0.15, 0.2) is 5.78 Å². The fourth-order valence-electron chi connectivity index (χ4n) is 2.30. The number of aryl methyl sites for hydroxylation is 1. The Balaban J connectivity index is 2.06. The van der Waals surface area contributed by atoms with Crippen molar-refractivity contribution in [3.8, 4) is 0 Å². The van der Waals surface area contributed by atoms with Crippen molar-refractivity contribution < 1.29 is 9.59 Å². The second-order valence-electron chi connectivity index (χ2n) is 4.82. The van der Waals surface area contributed by atoms with Crippen LogP contribution in [0.25, 0.3) is 0 Å². The van der Waals surface area contributed by atoms with Crippen LogP contribution < -0.4 is 0 Å². The molecular weight excluding hydrogens is 226 g/mol. The van der Waals surface area contributed by atoms with Gasteiger partial charge in [-0.1, -0.05) is 25.5 Å². The van der Waals surface area contributed by atoms with E-state index in [-0.39, 0.29) is 18.2 Å². The van der Waals surface area contributed by atoms with E-state index in [0.29, 0.717) is 18.5 Å². The number of benzene rings is 1. The number of hydrogen-bond acceptors (Lipinski definition) is 2. The molecule has 0 bridgehead atoms. The molecule has 1 amide bonds. The number of carbonyl (C=O) groups excluding carboxylic acids is 2. The van der Waals surface area contributed by atoms with Gasteiger partial charge in [-0.3, -0.25) is 9.59 Å². The second-order valence-corrected chi connectivity index (χ2v) is 4.82. The van der Waals surface area contributed by atoms with Crippen molar-refractivity contribution in [2.24, 2.45) is 0 Å². The van der Waals surface area contributed by atoms with E-state index in [4.69, 9.17) is 0 Å². The molecule has 0 aliphatic carbocycles. The van der Waals surface area contributed by atoms with Crippen LogP contribution in [0, 0.1) is 0 Å². The van der Waals surface area contributed by atoms with Gasteiger partial charge in [-0.2, -0.15) is 0 Å². The highest BCUT2D eigenvalue weighted by atomic mass is 16.2. The average molecular weight is 245 g/mol. The molecule has 1 saturated heterocycles. The zero-order valence-corrected chi connectivity index (χ0v) is 10.8. The van der Waals surface area contributed by atoms with Crippen LogP contribution in [0.5, 0.6) is 0 Å². The van der Waals surface area contributed by atoms with Crippen LogP contribution in [0.15, 0.2) is 24.3 Å². The molecule has 96 valence electrons. The summed E-state index contributed by atoms with van der Waals surface area (Å²) in [6.07, 6.45) is 3.54. The molecule has 1 aromatic carbocycles. The maximum atomic E-state index is 12.2. The van der Waals surface area contributed by atoms with Crippen molar-refractivity contribution in [2.45, 2.75) is 32.6 Å². The number of likely N-dealkylation sites (tertiary alicyclic amines) is 1. The Morgan fingerprint density at radius 2 is 2.00 bits per heavy atom. The lowest BCUT2D eigenvalue weighted by atomic mass is 10.1. The molecule has 1 aliphatic heterocycles. The third-order valence-corrected chi connectivity index (χ3v) is 3.28. The van der Waals surface area contributed by atoms with E-state index in [9.17, 15) is 9.59 Å². The number of ketones is 1. The topological polar surface area (TPSA) is 37.4 Å². The number of Topliss-reactive ketones (excluding diaryl/α,β-unsaturated/α-hetero) is 1. The zero-order valence-electron chi connectivity index (χ0n) is 10.8. The van der Waals surface area contributed by atoms with Crippen molar-refractivity contribution in [1.29, 1.82) is 0 Å². The van der Waals surface area contributed by atoms with Crippen molar-refractivity contribution in [3.05, 3.63) is 35.4 Å². The summed E-state index contributed by atoms with van der Waals surface area (Å²) in [5, 5.41) is 0. The molecule has 1 aromatic rings. The highest BCUT2D eigenvalue weighted by Crippen LogP contribution is 2.13. The Labute approximate surface area is 108 Å². The molecule has 0 N–H and O–H groups in total.